The quantitative estimate of drug-likeness (QED) is 0.912. The molecule has 2 rings (SSSR count). The molecule has 0 unspecified atom stereocenters. The second kappa shape index (κ2) is 5.78. The number of rotatable bonds is 4. The van der Waals surface area contributed by atoms with E-state index < -0.39 is 0 Å². The number of hydrogen-bond donors (Lipinski definition) is 1. The standard InChI is InChI=1S/C15H22FNO2/c1-18-12-7-6-11(16)14(19-2)13(12)15(10-17)8-4-3-5-9-15/h6-7H,3-5,8-10,17H2,1-2H3. The summed E-state index contributed by atoms with van der Waals surface area (Å²) < 4.78 is 24.7. The highest BCUT2D eigenvalue weighted by Gasteiger charge is 2.38. The Morgan fingerprint density at radius 2 is 1.84 bits per heavy atom. The van der Waals surface area contributed by atoms with Crippen LogP contribution in [0.1, 0.15) is 37.7 Å². The zero-order chi connectivity index (χ0) is 13.9. The second-order valence-corrected chi connectivity index (χ2v) is 5.20. The topological polar surface area (TPSA) is 44.5 Å². The van der Waals surface area contributed by atoms with Gasteiger partial charge in [0.2, 0.25) is 0 Å². The molecule has 106 valence electrons. The van der Waals surface area contributed by atoms with E-state index >= 15 is 0 Å². The number of nitrogens with two attached hydrogens (primary N) is 1. The zero-order valence-corrected chi connectivity index (χ0v) is 11.7. The Kier molecular flexibility index (Phi) is 4.30. The Labute approximate surface area is 113 Å². The zero-order valence-electron chi connectivity index (χ0n) is 11.7. The fraction of sp³-hybridized carbons (Fsp3) is 0.600. The average molecular weight is 267 g/mol. The van der Waals surface area contributed by atoms with Crippen LogP contribution < -0.4 is 15.2 Å². The van der Waals surface area contributed by atoms with Gasteiger partial charge in [0.1, 0.15) is 5.75 Å². The number of benzene rings is 1. The summed E-state index contributed by atoms with van der Waals surface area (Å²) in [5.74, 6) is 0.606. The molecule has 0 radical (unpaired) electrons. The molecule has 1 fully saturated rings. The van der Waals surface area contributed by atoms with Gasteiger partial charge in [-0.3, -0.25) is 0 Å². The largest absolute Gasteiger partial charge is 0.496 e. The maximum atomic E-state index is 14.0. The van der Waals surface area contributed by atoms with E-state index in [9.17, 15) is 4.39 Å². The van der Waals surface area contributed by atoms with Crippen molar-refractivity contribution < 1.29 is 13.9 Å². The van der Waals surface area contributed by atoms with Gasteiger partial charge >= 0.3 is 0 Å². The van der Waals surface area contributed by atoms with Gasteiger partial charge in [-0.15, -0.1) is 0 Å². The van der Waals surface area contributed by atoms with Crippen molar-refractivity contribution in [3.8, 4) is 11.5 Å². The van der Waals surface area contributed by atoms with E-state index in [0.717, 1.165) is 31.2 Å². The normalized spacial score (nSPS) is 18.1. The Balaban J connectivity index is 2.60. The van der Waals surface area contributed by atoms with E-state index in [1.54, 1.807) is 13.2 Å². The minimum atomic E-state index is -0.350. The van der Waals surface area contributed by atoms with E-state index in [2.05, 4.69) is 0 Å². The smallest absolute Gasteiger partial charge is 0.165 e. The van der Waals surface area contributed by atoms with Crippen LogP contribution in [0.3, 0.4) is 0 Å². The minimum Gasteiger partial charge on any atom is -0.496 e. The highest BCUT2D eigenvalue weighted by Crippen LogP contribution is 2.47. The molecule has 0 heterocycles. The van der Waals surface area contributed by atoms with Crippen LogP contribution in [-0.2, 0) is 5.41 Å². The van der Waals surface area contributed by atoms with Crippen LogP contribution in [0.15, 0.2) is 12.1 Å². The van der Waals surface area contributed by atoms with Gasteiger partial charge in [0, 0.05) is 17.5 Å². The Bertz CT molecular complexity index is 442. The first-order chi connectivity index (χ1) is 9.18. The molecular formula is C15H22FNO2. The molecule has 1 aliphatic carbocycles. The maximum Gasteiger partial charge on any atom is 0.165 e. The van der Waals surface area contributed by atoms with Gasteiger partial charge in [-0.2, -0.15) is 0 Å². The predicted molar refractivity (Wildman–Crippen MR) is 73.3 cm³/mol. The molecule has 1 saturated carbocycles. The number of ether oxygens (including phenoxy) is 2. The molecule has 0 atom stereocenters. The van der Waals surface area contributed by atoms with Crippen molar-refractivity contribution in [1.82, 2.24) is 0 Å². The summed E-state index contributed by atoms with van der Waals surface area (Å²) in [6, 6.07) is 3.05. The molecule has 1 aliphatic rings. The molecule has 0 amide bonds. The van der Waals surface area contributed by atoms with Crippen LogP contribution in [0, 0.1) is 5.82 Å². The first-order valence-electron chi connectivity index (χ1n) is 6.79. The van der Waals surface area contributed by atoms with Crippen LogP contribution in [0.5, 0.6) is 11.5 Å². The lowest BCUT2D eigenvalue weighted by atomic mass is 9.68. The molecule has 3 nitrogen and oxygen atoms in total. The fourth-order valence-corrected chi connectivity index (χ4v) is 3.20. The number of halogens is 1. The van der Waals surface area contributed by atoms with Crippen molar-refractivity contribution in [2.75, 3.05) is 20.8 Å². The van der Waals surface area contributed by atoms with Crippen molar-refractivity contribution in [1.29, 1.82) is 0 Å². The van der Waals surface area contributed by atoms with E-state index in [1.165, 1.54) is 19.6 Å². The molecule has 0 bridgehead atoms. The van der Waals surface area contributed by atoms with Crippen LogP contribution in [-0.4, -0.2) is 20.8 Å². The van der Waals surface area contributed by atoms with E-state index in [0.29, 0.717) is 12.3 Å². The molecule has 0 spiro atoms. The van der Waals surface area contributed by atoms with Gasteiger partial charge in [-0.25, -0.2) is 4.39 Å². The van der Waals surface area contributed by atoms with Crippen molar-refractivity contribution in [3.05, 3.63) is 23.5 Å². The minimum absolute atomic E-state index is 0.225. The predicted octanol–water partition coefficient (Wildman–Crippen LogP) is 3.00. The van der Waals surface area contributed by atoms with E-state index in [-0.39, 0.29) is 17.0 Å². The maximum absolute atomic E-state index is 14.0. The van der Waals surface area contributed by atoms with Crippen molar-refractivity contribution >= 4 is 0 Å². The van der Waals surface area contributed by atoms with Crippen molar-refractivity contribution in [2.24, 2.45) is 5.73 Å². The van der Waals surface area contributed by atoms with Gasteiger partial charge in [-0.05, 0) is 25.0 Å². The molecular weight excluding hydrogens is 245 g/mol. The Morgan fingerprint density at radius 3 is 2.37 bits per heavy atom. The first-order valence-corrected chi connectivity index (χ1v) is 6.79. The van der Waals surface area contributed by atoms with Crippen molar-refractivity contribution in [2.45, 2.75) is 37.5 Å². The second-order valence-electron chi connectivity index (χ2n) is 5.20. The molecule has 0 aromatic heterocycles. The summed E-state index contributed by atoms with van der Waals surface area (Å²) in [5.41, 5.74) is 6.61. The molecule has 1 aromatic carbocycles. The summed E-state index contributed by atoms with van der Waals surface area (Å²) in [6.45, 7) is 0.489. The molecule has 0 aliphatic heterocycles. The summed E-state index contributed by atoms with van der Waals surface area (Å²) >= 11 is 0. The third-order valence-electron chi connectivity index (χ3n) is 4.23. The van der Waals surface area contributed by atoms with Crippen LogP contribution in [0.2, 0.25) is 0 Å². The monoisotopic (exact) mass is 267 g/mol. The highest BCUT2D eigenvalue weighted by molar-refractivity contribution is 5.51. The molecule has 4 heteroatoms. The molecule has 1 aromatic rings. The van der Waals surface area contributed by atoms with Crippen LogP contribution in [0.25, 0.3) is 0 Å². The summed E-state index contributed by atoms with van der Waals surface area (Å²) in [5, 5.41) is 0. The van der Waals surface area contributed by atoms with Gasteiger partial charge in [-0.1, -0.05) is 19.3 Å². The number of hydrogen-bond acceptors (Lipinski definition) is 3. The van der Waals surface area contributed by atoms with Gasteiger partial charge in [0.05, 0.1) is 14.2 Å². The van der Waals surface area contributed by atoms with Gasteiger partial charge in [0.15, 0.2) is 11.6 Å². The fourth-order valence-electron chi connectivity index (χ4n) is 3.20. The highest BCUT2D eigenvalue weighted by atomic mass is 19.1. The summed E-state index contributed by atoms with van der Waals surface area (Å²) in [4.78, 5) is 0. The summed E-state index contributed by atoms with van der Waals surface area (Å²) in [7, 11) is 3.09. The third kappa shape index (κ3) is 2.41. The Hall–Kier alpha value is -1.29. The Morgan fingerprint density at radius 1 is 1.16 bits per heavy atom. The third-order valence-corrected chi connectivity index (χ3v) is 4.23. The number of methoxy groups -OCH3 is 2. The lowest BCUT2D eigenvalue weighted by Crippen LogP contribution is -2.38. The van der Waals surface area contributed by atoms with Crippen molar-refractivity contribution in [3.63, 3.8) is 0 Å². The van der Waals surface area contributed by atoms with Gasteiger partial charge < -0.3 is 15.2 Å². The van der Waals surface area contributed by atoms with Gasteiger partial charge in [0.25, 0.3) is 0 Å². The molecule has 2 N–H and O–H groups in total. The average Bonchev–Trinajstić information content (AvgIpc) is 2.47. The molecule has 19 heavy (non-hydrogen) atoms. The summed E-state index contributed by atoms with van der Waals surface area (Å²) in [6.07, 6.45) is 5.35. The molecule has 0 saturated heterocycles. The first kappa shape index (κ1) is 14.1. The van der Waals surface area contributed by atoms with E-state index in [4.69, 9.17) is 15.2 Å². The van der Waals surface area contributed by atoms with E-state index in [1.807, 2.05) is 0 Å². The SMILES string of the molecule is COc1ccc(F)c(OC)c1C1(CN)CCCCC1. The lowest BCUT2D eigenvalue weighted by molar-refractivity contribution is 0.270. The van der Waals surface area contributed by atoms with Crippen LogP contribution >= 0.6 is 0 Å². The van der Waals surface area contributed by atoms with Crippen LogP contribution in [0.4, 0.5) is 4.39 Å². The lowest BCUT2D eigenvalue weighted by Gasteiger charge is -2.38.